The Morgan fingerprint density at radius 3 is 2.18 bits per heavy atom. The Labute approximate surface area is 258 Å². The van der Waals surface area contributed by atoms with Crippen molar-refractivity contribution in [2.45, 2.75) is 148 Å². The molecule has 12 heteroatoms. The number of allylic oxidation sites excluding steroid dienone is 1. The van der Waals surface area contributed by atoms with Gasteiger partial charge in [0.05, 0.1) is 5.92 Å². The van der Waals surface area contributed by atoms with Crippen LogP contribution < -0.4 is 0 Å². The van der Waals surface area contributed by atoms with Gasteiger partial charge < -0.3 is 39.0 Å². The summed E-state index contributed by atoms with van der Waals surface area (Å²) in [5.74, 6) is -3.75. The van der Waals surface area contributed by atoms with Crippen LogP contribution in [0.1, 0.15) is 100 Å². The lowest BCUT2D eigenvalue weighted by molar-refractivity contribution is -0.228. The average molecular weight is 625 g/mol. The first-order chi connectivity index (χ1) is 20.5. The Kier molecular flexibility index (Phi) is 11.1. The fourth-order valence-corrected chi connectivity index (χ4v) is 6.67. The van der Waals surface area contributed by atoms with Gasteiger partial charge in [-0.3, -0.25) is 14.4 Å². The normalized spacial score (nSPS) is 36.7. The molecule has 44 heavy (non-hydrogen) atoms. The summed E-state index contributed by atoms with van der Waals surface area (Å²) in [6.07, 6.45) is -3.53. The molecule has 12 nitrogen and oxygen atoms in total. The third kappa shape index (κ3) is 6.45. The van der Waals surface area contributed by atoms with E-state index in [-0.39, 0.29) is 24.8 Å². The van der Waals surface area contributed by atoms with E-state index in [0.29, 0.717) is 24.0 Å². The van der Waals surface area contributed by atoms with E-state index in [2.05, 4.69) is 0 Å². The van der Waals surface area contributed by atoms with Crippen molar-refractivity contribution in [3.63, 3.8) is 0 Å². The molecule has 0 radical (unpaired) electrons. The first kappa shape index (κ1) is 35.7. The van der Waals surface area contributed by atoms with Gasteiger partial charge in [-0.1, -0.05) is 32.8 Å². The van der Waals surface area contributed by atoms with Crippen molar-refractivity contribution in [1.82, 2.24) is 0 Å². The van der Waals surface area contributed by atoms with Crippen LogP contribution in [-0.2, 0) is 42.9 Å². The van der Waals surface area contributed by atoms with Gasteiger partial charge in [0.1, 0.15) is 23.4 Å². The van der Waals surface area contributed by atoms with Gasteiger partial charge in [-0.15, -0.1) is 0 Å². The molecule has 1 aliphatic heterocycles. The number of carbonyl (C=O) groups is 4. The van der Waals surface area contributed by atoms with Crippen molar-refractivity contribution in [2.75, 3.05) is 0 Å². The van der Waals surface area contributed by atoms with Crippen molar-refractivity contribution >= 4 is 23.9 Å². The zero-order valence-electron chi connectivity index (χ0n) is 27.0. The van der Waals surface area contributed by atoms with E-state index < -0.39 is 77.3 Å². The molecule has 0 spiro atoms. The van der Waals surface area contributed by atoms with Crippen LogP contribution in [0.3, 0.4) is 0 Å². The predicted molar refractivity (Wildman–Crippen MR) is 156 cm³/mol. The van der Waals surface area contributed by atoms with Crippen molar-refractivity contribution in [2.24, 2.45) is 5.92 Å². The van der Waals surface area contributed by atoms with Gasteiger partial charge in [0.25, 0.3) is 0 Å². The molecule has 2 fully saturated rings. The van der Waals surface area contributed by atoms with Crippen molar-refractivity contribution in [1.29, 1.82) is 0 Å². The Hall–Kier alpha value is -2.80. The van der Waals surface area contributed by atoms with Gasteiger partial charge in [-0.25, -0.2) is 4.79 Å². The number of fused-ring (bicyclic) bond motifs is 3. The summed E-state index contributed by atoms with van der Waals surface area (Å²) in [5, 5.41) is 34.8. The number of esters is 4. The lowest BCUT2D eigenvalue weighted by atomic mass is 9.75. The molecule has 3 rings (SSSR count). The van der Waals surface area contributed by atoms with Crippen LogP contribution in [0.2, 0.25) is 0 Å². The molecule has 3 aliphatic rings. The van der Waals surface area contributed by atoms with E-state index in [1.54, 1.807) is 40.7 Å². The molecule has 0 unspecified atom stereocenters. The molecule has 0 amide bonds. The van der Waals surface area contributed by atoms with Gasteiger partial charge in [-0.2, -0.15) is 0 Å². The van der Waals surface area contributed by atoms with Crippen LogP contribution in [0.25, 0.3) is 0 Å². The molecule has 0 bridgehead atoms. The van der Waals surface area contributed by atoms with E-state index in [1.165, 1.54) is 6.92 Å². The molecule has 1 saturated heterocycles. The summed E-state index contributed by atoms with van der Waals surface area (Å²) >= 11 is 0. The maximum absolute atomic E-state index is 13.2. The molecule has 0 aromatic heterocycles. The fraction of sp³-hybridized carbons (Fsp3) is 0.750. The molecule has 248 valence electrons. The molecule has 0 aromatic carbocycles. The fourth-order valence-electron chi connectivity index (χ4n) is 6.67. The van der Waals surface area contributed by atoms with Crippen molar-refractivity contribution in [3.8, 4) is 0 Å². The van der Waals surface area contributed by atoms with Gasteiger partial charge in [0.2, 0.25) is 0 Å². The second kappa shape index (κ2) is 13.7. The molecule has 1 saturated carbocycles. The Bertz CT molecular complexity index is 1190. The van der Waals surface area contributed by atoms with E-state index >= 15 is 0 Å². The SMILES string of the molecule is C/C=C(/C)C(=O)O[C@H]1C(C)=C2[C@H]([C@@H]1OC(=O)CCCCC)[C@@](C)(OC(C)=O)C[C@H](OC(=O)CCC)[C@@]1(O)[C@H]2O[C@@H](O)[C@@]1(C)O. The van der Waals surface area contributed by atoms with E-state index in [1.807, 2.05) is 6.92 Å². The zero-order chi connectivity index (χ0) is 33.2. The second-order valence-corrected chi connectivity index (χ2v) is 12.5. The number of unbranched alkanes of at least 4 members (excludes halogenated alkanes) is 2. The average Bonchev–Trinajstić information content (AvgIpc) is 3.26. The number of aliphatic hydroxyl groups excluding tert-OH is 1. The highest BCUT2D eigenvalue weighted by Gasteiger charge is 2.75. The highest BCUT2D eigenvalue weighted by molar-refractivity contribution is 5.88. The Balaban J connectivity index is 2.29. The monoisotopic (exact) mass is 624 g/mol. The summed E-state index contributed by atoms with van der Waals surface area (Å²) in [5.41, 5.74) is -5.68. The predicted octanol–water partition coefficient (Wildman–Crippen LogP) is 2.94. The summed E-state index contributed by atoms with van der Waals surface area (Å²) in [4.78, 5) is 51.7. The molecule has 9 atom stereocenters. The molecular weight excluding hydrogens is 576 g/mol. The molecule has 0 aromatic rings. The van der Waals surface area contributed by atoms with Crippen LogP contribution in [0.15, 0.2) is 22.8 Å². The number of ether oxygens (including phenoxy) is 5. The largest absolute Gasteiger partial charge is 0.459 e. The number of aliphatic hydroxyl groups is 3. The van der Waals surface area contributed by atoms with Crippen LogP contribution in [0.5, 0.6) is 0 Å². The van der Waals surface area contributed by atoms with E-state index in [4.69, 9.17) is 23.7 Å². The number of hydrogen-bond acceptors (Lipinski definition) is 12. The molecule has 3 N–H and O–H groups in total. The third-order valence-electron chi connectivity index (χ3n) is 9.17. The Morgan fingerprint density at radius 2 is 1.61 bits per heavy atom. The summed E-state index contributed by atoms with van der Waals surface area (Å²) in [6.45, 7) is 12.5. The minimum Gasteiger partial charge on any atom is -0.459 e. The second-order valence-electron chi connectivity index (χ2n) is 12.5. The number of carbonyl (C=O) groups excluding carboxylic acids is 4. The standard InChI is InChI=1S/C32H48O12/c1-9-12-13-15-22(35)41-26-24-23(18(5)25(26)42-28(36)17(4)11-3)27-32(39,31(8,38)29(37)43-27)20(40-21(34)14-10-2)16-30(24,7)44-19(6)33/h11,20,24-27,29,37-39H,9-10,12-16H2,1-8H3/b17-11-/t20-,24+,25-,26-,27-,29+,30-,31+,32+/m0/s1. The van der Waals surface area contributed by atoms with Crippen molar-refractivity contribution in [3.05, 3.63) is 22.8 Å². The van der Waals surface area contributed by atoms with E-state index in [0.717, 1.165) is 19.8 Å². The van der Waals surface area contributed by atoms with Crippen LogP contribution in [0, 0.1) is 5.92 Å². The topological polar surface area (TPSA) is 175 Å². The smallest absolute Gasteiger partial charge is 0.334 e. The van der Waals surface area contributed by atoms with Gasteiger partial charge in [0, 0.05) is 31.8 Å². The summed E-state index contributed by atoms with van der Waals surface area (Å²) < 4.78 is 29.4. The lowest BCUT2D eigenvalue weighted by Gasteiger charge is -2.43. The highest BCUT2D eigenvalue weighted by atomic mass is 16.7. The quantitative estimate of drug-likeness (QED) is 0.101. The maximum atomic E-state index is 13.2. The zero-order valence-corrected chi connectivity index (χ0v) is 27.0. The Morgan fingerprint density at radius 1 is 0.977 bits per heavy atom. The van der Waals surface area contributed by atoms with Crippen molar-refractivity contribution < 1.29 is 58.2 Å². The summed E-state index contributed by atoms with van der Waals surface area (Å²) in [6, 6.07) is 0. The van der Waals surface area contributed by atoms with E-state index in [9.17, 15) is 34.5 Å². The lowest BCUT2D eigenvalue weighted by Crippen LogP contribution is -2.65. The minimum absolute atomic E-state index is 0.00143. The highest BCUT2D eigenvalue weighted by Crippen LogP contribution is 2.58. The third-order valence-corrected chi connectivity index (χ3v) is 9.17. The molecule has 1 heterocycles. The van der Waals surface area contributed by atoms with Crippen LogP contribution >= 0.6 is 0 Å². The van der Waals surface area contributed by atoms with Crippen LogP contribution in [-0.4, -0.2) is 86.7 Å². The van der Waals surface area contributed by atoms with Gasteiger partial charge in [0.15, 0.2) is 24.1 Å². The molecular formula is C32H48O12. The minimum atomic E-state index is -2.46. The maximum Gasteiger partial charge on any atom is 0.334 e. The van der Waals surface area contributed by atoms with Gasteiger partial charge >= 0.3 is 23.9 Å². The van der Waals surface area contributed by atoms with Gasteiger partial charge in [-0.05, 0) is 58.6 Å². The summed E-state index contributed by atoms with van der Waals surface area (Å²) in [7, 11) is 0. The number of rotatable bonds is 11. The number of hydrogen-bond donors (Lipinski definition) is 3. The molecule has 2 aliphatic carbocycles. The first-order valence-corrected chi connectivity index (χ1v) is 15.4. The van der Waals surface area contributed by atoms with Crippen LogP contribution in [0.4, 0.5) is 0 Å². The first-order valence-electron chi connectivity index (χ1n) is 15.4.